The lowest BCUT2D eigenvalue weighted by atomic mass is 10.0. The Bertz CT molecular complexity index is 463. The summed E-state index contributed by atoms with van der Waals surface area (Å²) in [6.07, 6.45) is 0. The first-order valence-electron chi connectivity index (χ1n) is 5.04. The first-order valence-corrected chi connectivity index (χ1v) is 5.04. The third-order valence-electron chi connectivity index (χ3n) is 2.43. The molecule has 0 saturated heterocycles. The van der Waals surface area contributed by atoms with Gasteiger partial charge in [-0.15, -0.1) is 0 Å². The molecule has 1 radical (unpaired) electrons. The van der Waals surface area contributed by atoms with Crippen molar-refractivity contribution >= 4 is 0 Å². The van der Waals surface area contributed by atoms with Crippen molar-refractivity contribution in [3.8, 4) is 22.6 Å². The van der Waals surface area contributed by atoms with E-state index in [-0.39, 0.29) is 0 Å². The smallest absolute Gasteiger partial charge is 0.168 e. The monoisotopic (exact) mass is 213 g/mol. The summed E-state index contributed by atoms with van der Waals surface area (Å²) in [4.78, 5) is 0. The number of hydrogen-bond acceptors (Lipinski definition) is 2. The van der Waals surface area contributed by atoms with Crippen LogP contribution in [0, 0.1) is 6.07 Å². The lowest BCUT2D eigenvalue weighted by molar-refractivity contribution is 0.356. The summed E-state index contributed by atoms with van der Waals surface area (Å²) in [7, 11) is 3.29. The van der Waals surface area contributed by atoms with Crippen molar-refractivity contribution in [3.05, 3.63) is 48.5 Å². The number of ether oxygens (including phenoxy) is 2. The van der Waals surface area contributed by atoms with Crippen LogP contribution in [-0.4, -0.2) is 14.2 Å². The third kappa shape index (κ3) is 1.87. The van der Waals surface area contributed by atoms with E-state index in [0.717, 1.165) is 22.6 Å². The fraction of sp³-hybridized carbons (Fsp3) is 0.143. The minimum Gasteiger partial charge on any atom is -0.493 e. The molecule has 0 atom stereocenters. The van der Waals surface area contributed by atoms with Gasteiger partial charge in [-0.25, -0.2) is 0 Å². The Hall–Kier alpha value is -1.96. The third-order valence-corrected chi connectivity index (χ3v) is 2.43. The highest BCUT2D eigenvalue weighted by Gasteiger charge is 2.10. The van der Waals surface area contributed by atoms with E-state index in [1.807, 2.05) is 42.5 Å². The average molecular weight is 213 g/mol. The van der Waals surface area contributed by atoms with E-state index in [1.165, 1.54) is 0 Å². The van der Waals surface area contributed by atoms with Crippen LogP contribution in [0.1, 0.15) is 0 Å². The molecule has 2 nitrogen and oxygen atoms in total. The van der Waals surface area contributed by atoms with Crippen molar-refractivity contribution in [2.24, 2.45) is 0 Å². The molecule has 0 aromatic heterocycles. The quantitative estimate of drug-likeness (QED) is 0.779. The van der Waals surface area contributed by atoms with Crippen molar-refractivity contribution in [3.63, 3.8) is 0 Å². The first kappa shape index (κ1) is 10.6. The molecule has 0 aliphatic heterocycles. The van der Waals surface area contributed by atoms with Crippen LogP contribution < -0.4 is 9.47 Å². The highest BCUT2D eigenvalue weighted by atomic mass is 16.5. The Balaban J connectivity index is 2.57. The lowest BCUT2D eigenvalue weighted by Gasteiger charge is -2.12. The zero-order valence-corrected chi connectivity index (χ0v) is 9.36. The van der Waals surface area contributed by atoms with E-state index in [1.54, 1.807) is 14.2 Å². The Labute approximate surface area is 95.4 Å². The number of methoxy groups -OCH3 is 2. The van der Waals surface area contributed by atoms with Crippen LogP contribution >= 0.6 is 0 Å². The van der Waals surface area contributed by atoms with Crippen LogP contribution in [0.2, 0.25) is 0 Å². The van der Waals surface area contributed by atoms with Crippen LogP contribution in [0.5, 0.6) is 11.5 Å². The maximum Gasteiger partial charge on any atom is 0.168 e. The maximum absolute atomic E-state index is 5.39. The van der Waals surface area contributed by atoms with Gasteiger partial charge in [0.1, 0.15) is 0 Å². The Kier molecular flexibility index (Phi) is 3.10. The summed E-state index contributed by atoms with van der Waals surface area (Å²) in [6, 6.07) is 16.6. The molecular weight excluding hydrogens is 200 g/mol. The van der Waals surface area contributed by atoms with Gasteiger partial charge in [-0.3, -0.25) is 0 Å². The molecule has 0 saturated carbocycles. The van der Waals surface area contributed by atoms with Crippen LogP contribution in [0.4, 0.5) is 0 Å². The van der Waals surface area contributed by atoms with Gasteiger partial charge in [0, 0.05) is 5.56 Å². The van der Waals surface area contributed by atoms with Crippen molar-refractivity contribution in [2.45, 2.75) is 0 Å². The van der Waals surface area contributed by atoms with Crippen LogP contribution in [0.15, 0.2) is 42.5 Å². The van der Waals surface area contributed by atoms with Gasteiger partial charge >= 0.3 is 0 Å². The second kappa shape index (κ2) is 4.71. The molecule has 0 N–H and O–H groups in total. The fourth-order valence-corrected chi connectivity index (χ4v) is 1.68. The minimum absolute atomic E-state index is 0.743. The van der Waals surface area contributed by atoms with Gasteiger partial charge in [-0.2, -0.15) is 0 Å². The summed E-state index contributed by atoms with van der Waals surface area (Å²) in [5.41, 5.74) is 2.12. The Morgan fingerprint density at radius 1 is 0.938 bits per heavy atom. The molecule has 0 bridgehead atoms. The molecule has 81 valence electrons. The van der Waals surface area contributed by atoms with Gasteiger partial charge in [-0.05, 0) is 17.7 Å². The predicted molar refractivity (Wildman–Crippen MR) is 63.8 cm³/mol. The predicted octanol–water partition coefficient (Wildman–Crippen LogP) is 3.17. The molecule has 2 heteroatoms. The molecule has 0 amide bonds. The maximum atomic E-state index is 5.39. The van der Waals surface area contributed by atoms with E-state index in [0.29, 0.717) is 0 Å². The number of rotatable bonds is 3. The fourth-order valence-electron chi connectivity index (χ4n) is 1.68. The van der Waals surface area contributed by atoms with Crippen LogP contribution in [-0.2, 0) is 0 Å². The standard InChI is InChI=1S/C14H13O2/c1-15-13-10-6-9-12(14(13)16-2)11-7-4-3-5-8-11/h4-10H,1-2H3. The van der Waals surface area contributed by atoms with E-state index in [9.17, 15) is 0 Å². The molecule has 2 aromatic carbocycles. The number of benzene rings is 2. The molecular formula is C14H13O2. The van der Waals surface area contributed by atoms with Crippen LogP contribution in [0.25, 0.3) is 11.1 Å². The van der Waals surface area contributed by atoms with Crippen LogP contribution in [0.3, 0.4) is 0 Å². The minimum atomic E-state index is 0.743. The normalized spacial score (nSPS) is 9.88. The Morgan fingerprint density at radius 2 is 1.69 bits per heavy atom. The number of para-hydroxylation sites is 1. The molecule has 0 unspecified atom stereocenters. The van der Waals surface area contributed by atoms with Gasteiger partial charge in [-0.1, -0.05) is 36.4 Å². The van der Waals surface area contributed by atoms with Gasteiger partial charge in [0.15, 0.2) is 11.5 Å². The first-order chi connectivity index (χ1) is 7.86. The van der Waals surface area contributed by atoms with Crippen molar-refractivity contribution < 1.29 is 9.47 Å². The van der Waals surface area contributed by atoms with Crippen molar-refractivity contribution in [2.75, 3.05) is 14.2 Å². The summed E-state index contributed by atoms with van der Waals surface area (Å²) in [5, 5.41) is 0. The molecule has 2 rings (SSSR count). The van der Waals surface area contributed by atoms with E-state index >= 15 is 0 Å². The molecule has 0 fully saturated rings. The average Bonchev–Trinajstić information content (AvgIpc) is 2.38. The van der Waals surface area contributed by atoms with Crippen molar-refractivity contribution in [1.82, 2.24) is 0 Å². The van der Waals surface area contributed by atoms with Crippen molar-refractivity contribution in [1.29, 1.82) is 0 Å². The number of hydrogen-bond donors (Lipinski definition) is 0. The SMILES string of the molecule is COc1cccc(-c2cc[c]cc2)c1OC. The molecule has 0 aliphatic carbocycles. The summed E-state index contributed by atoms with van der Waals surface area (Å²) >= 11 is 0. The second-order valence-corrected chi connectivity index (χ2v) is 3.33. The largest absolute Gasteiger partial charge is 0.493 e. The van der Waals surface area contributed by atoms with Gasteiger partial charge in [0.05, 0.1) is 14.2 Å². The van der Waals surface area contributed by atoms with Gasteiger partial charge < -0.3 is 9.47 Å². The molecule has 16 heavy (non-hydrogen) atoms. The van der Waals surface area contributed by atoms with Gasteiger partial charge in [0.2, 0.25) is 0 Å². The summed E-state index contributed by atoms with van der Waals surface area (Å²) in [6.45, 7) is 0. The second-order valence-electron chi connectivity index (χ2n) is 3.33. The summed E-state index contributed by atoms with van der Waals surface area (Å²) < 4.78 is 10.7. The van der Waals surface area contributed by atoms with Gasteiger partial charge in [0.25, 0.3) is 0 Å². The zero-order chi connectivity index (χ0) is 11.4. The summed E-state index contributed by atoms with van der Waals surface area (Å²) in [5.74, 6) is 1.50. The molecule has 2 aromatic rings. The molecule has 0 heterocycles. The molecule has 0 spiro atoms. The highest BCUT2D eigenvalue weighted by molar-refractivity contribution is 5.73. The Morgan fingerprint density at radius 3 is 2.31 bits per heavy atom. The van der Waals surface area contributed by atoms with E-state index in [4.69, 9.17) is 9.47 Å². The lowest BCUT2D eigenvalue weighted by Crippen LogP contribution is -1.92. The van der Waals surface area contributed by atoms with E-state index in [2.05, 4.69) is 6.07 Å². The van der Waals surface area contributed by atoms with E-state index < -0.39 is 0 Å². The zero-order valence-electron chi connectivity index (χ0n) is 9.36. The molecule has 0 aliphatic rings. The highest BCUT2D eigenvalue weighted by Crippen LogP contribution is 2.37. The topological polar surface area (TPSA) is 18.5 Å².